The molecule has 4 nitrogen and oxygen atoms in total. The van der Waals surface area contributed by atoms with Gasteiger partial charge in [0.05, 0.1) is 10.6 Å². The summed E-state index contributed by atoms with van der Waals surface area (Å²) in [5.74, 6) is -0.932. The van der Waals surface area contributed by atoms with Gasteiger partial charge >= 0.3 is 0 Å². The number of halogens is 2. The monoisotopic (exact) mass is 264 g/mol. The fourth-order valence-corrected chi connectivity index (χ4v) is 1.56. The van der Waals surface area contributed by atoms with E-state index in [1.807, 2.05) is 0 Å². The summed E-state index contributed by atoms with van der Waals surface area (Å²) in [6, 6.07) is 8.94. The van der Waals surface area contributed by atoms with Gasteiger partial charge in [-0.3, -0.25) is 10.1 Å². The van der Waals surface area contributed by atoms with Gasteiger partial charge in [0, 0.05) is 18.7 Å². The van der Waals surface area contributed by atoms with Crippen molar-refractivity contribution in [2.75, 3.05) is 5.32 Å². The second-order valence-electron chi connectivity index (χ2n) is 3.90. The summed E-state index contributed by atoms with van der Waals surface area (Å²) in [4.78, 5) is 10.00. The molecular formula is C13H10F2N2O2. The molecule has 19 heavy (non-hydrogen) atoms. The zero-order valence-corrected chi connectivity index (χ0v) is 9.77. The number of anilines is 1. The highest BCUT2D eigenvalue weighted by Crippen LogP contribution is 2.21. The van der Waals surface area contributed by atoms with Gasteiger partial charge < -0.3 is 5.32 Å². The van der Waals surface area contributed by atoms with Crippen LogP contribution in [-0.4, -0.2) is 4.92 Å². The molecule has 0 aliphatic carbocycles. The Hall–Kier alpha value is -2.50. The Kier molecular flexibility index (Phi) is 3.70. The normalized spacial score (nSPS) is 10.2. The molecule has 0 saturated carbocycles. The predicted molar refractivity (Wildman–Crippen MR) is 66.8 cm³/mol. The van der Waals surface area contributed by atoms with E-state index >= 15 is 0 Å². The van der Waals surface area contributed by atoms with Crippen LogP contribution in [0.3, 0.4) is 0 Å². The lowest BCUT2D eigenvalue weighted by atomic mass is 10.2. The molecule has 2 rings (SSSR count). The van der Waals surface area contributed by atoms with Crippen LogP contribution in [0, 0.1) is 21.7 Å². The van der Waals surface area contributed by atoms with Crippen molar-refractivity contribution in [2.24, 2.45) is 0 Å². The van der Waals surface area contributed by atoms with Gasteiger partial charge in [-0.1, -0.05) is 12.1 Å². The fourth-order valence-electron chi connectivity index (χ4n) is 1.56. The van der Waals surface area contributed by atoms with Crippen molar-refractivity contribution < 1.29 is 13.7 Å². The highest BCUT2D eigenvalue weighted by atomic mass is 19.1. The van der Waals surface area contributed by atoms with E-state index in [2.05, 4.69) is 5.32 Å². The third-order valence-electron chi connectivity index (χ3n) is 2.56. The van der Waals surface area contributed by atoms with Gasteiger partial charge in [0.15, 0.2) is 0 Å². The number of hydrogen-bond acceptors (Lipinski definition) is 3. The molecule has 0 bridgehead atoms. The number of hydrogen-bond donors (Lipinski definition) is 1. The minimum atomic E-state index is -0.595. The SMILES string of the molecule is O=[N+]([O-])c1ccc(F)c(NCc2ccc(F)cc2)c1. The number of rotatable bonds is 4. The van der Waals surface area contributed by atoms with Gasteiger partial charge in [-0.15, -0.1) is 0 Å². The summed E-state index contributed by atoms with van der Waals surface area (Å²) in [6.07, 6.45) is 0. The summed E-state index contributed by atoms with van der Waals surface area (Å²) >= 11 is 0. The zero-order valence-electron chi connectivity index (χ0n) is 9.77. The molecule has 2 aromatic rings. The molecule has 1 N–H and O–H groups in total. The molecule has 0 saturated heterocycles. The first kappa shape index (κ1) is 12.9. The van der Waals surface area contributed by atoms with Crippen LogP contribution in [-0.2, 0) is 6.54 Å². The molecule has 0 aliphatic heterocycles. The lowest BCUT2D eigenvalue weighted by Crippen LogP contribution is -2.02. The molecular weight excluding hydrogens is 254 g/mol. The van der Waals surface area contributed by atoms with Gasteiger partial charge in [-0.05, 0) is 23.8 Å². The average molecular weight is 264 g/mol. The largest absolute Gasteiger partial charge is 0.378 e. The van der Waals surface area contributed by atoms with Crippen LogP contribution in [0.1, 0.15) is 5.56 Å². The number of nitro benzene ring substituents is 1. The molecule has 0 aromatic heterocycles. The minimum Gasteiger partial charge on any atom is -0.378 e. The first-order valence-electron chi connectivity index (χ1n) is 5.48. The Morgan fingerprint density at radius 3 is 2.42 bits per heavy atom. The van der Waals surface area contributed by atoms with Crippen molar-refractivity contribution in [3.05, 3.63) is 69.8 Å². The second kappa shape index (κ2) is 5.43. The van der Waals surface area contributed by atoms with Crippen molar-refractivity contribution in [1.29, 1.82) is 0 Å². The van der Waals surface area contributed by atoms with Crippen LogP contribution in [0.5, 0.6) is 0 Å². The molecule has 2 aromatic carbocycles. The highest BCUT2D eigenvalue weighted by molar-refractivity contribution is 5.52. The number of non-ortho nitro benzene ring substituents is 1. The number of nitrogens with one attached hydrogen (secondary N) is 1. The van der Waals surface area contributed by atoms with E-state index in [1.54, 1.807) is 12.1 Å². The smallest absolute Gasteiger partial charge is 0.271 e. The standard InChI is InChI=1S/C13H10F2N2O2/c14-10-3-1-9(2-4-10)8-16-13-7-11(17(18)19)5-6-12(13)15/h1-7,16H,8H2. The number of nitrogens with zero attached hydrogens (tertiary/aromatic N) is 1. The molecule has 0 amide bonds. The van der Waals surface area contributed by atoms with E-state index in [1.165, 1.54) is 12.1 Å². The second-order valence-corrected chi connectivity index (χ2v) is 3.90. The van der Waals surface area contributed by atoms with Gasteiger partial charge in [0.1, 0.15) is 11.6 Å². The van der Waals surface area contributed by atoms with Crippen LogP contribution in [0.2, 0.25) is 0 Å². The molecule has 0 aliphatic rings. The van der Waals surface area contributed by atoms with Crippen molar-refractivity contribution in [3.63, 3.8) is 0 Å². The van der Waals surface area contributed by atoms with E-state index in [4.69, 9.17) is 0 Å². The number of benzene rings is 2. The topological polar surface area (TPSA) is 55.2 Å². The summed E-state index contributed by atoms with van der Waals surface area (Å²) in [7, 11) is 0. The highest BCUT2D eigenvalue weighted by Gasteiger charge is 2.10. The molecule has 6 heteroatoms. The van der Waals surface area contributed by atoms with Crippen molar-refractivity contribution >= 4 is 11.4 Å². The van der Waals surface area contributed by atoms with Crippen molar-refractivity contribution in [2.45, 2.75) is 6.54 Å². The van der Waals surface area contributed by atoms with Crippen molar-refractivity contribution in [1.82, 2.24) is 0 Å². The molecule has 98 valence electrons. The summed E-state index contributed by atoms with van der Waals surface area (Å²) in [5, 5.41) is 13.3. The summed E-state index contributed by atoms with van der Waals surface area (Å²) < 4.78 is 26.2. The first-order valence-corrected chi connectivity index (χ1v) is 5.48. The van der Waals surface area contributed by atoms with Gasteiger partial charge in [-0.25, -0.2) is 8.78 Å². The zero-order chi connectivity index (χ0) is 13.8. The fraction of sp³-hybridized carbons (Fsp3) is 0.0769. The molecule has 0 radical (unpaired) electrons. The lowest BCUT2D eigenvalue weighted by molar-refractivity contribution is -0.384. The maximum Gasteiger partial charge on any atom is 0.271 e. The van der Waals surface area contributed by atoms with Crippen molar-refractivity contribution in [3.8, 4) is 0 Å². The Morgan fingerprint density at radius 2 is 1.79 bits per heavy atom. The molecule has 0 fully saturated rings. The van der Waals surface area contributed by atoms with E-state index in [9.17, 15) is 18.9 Å². The average Bonchev–Trinajstić information content (AvgIpc) is 2.39. The van der Waals surface area contributed by atoms with Gasteiger partial charge in [0.2, 0.25) is 0 Å². The quantitative estimate of drug-likeness (QED) is 0.679. The van der Waals surface area contributed by atoms with Crippen LogP contribution < -0.4 is 5.32 Å². The first-order chi connectivity index (χ1) is 9.06. The van der Waals surface area contributed by atoms with Gasteiger partial charge in [0.25, 0.3) is 5.69 Å². The minimum absolute atomic E-state index is 0.0403. The molecule has 0 atom stereocenters. The Morgan fingerprint density at radius 1 is 1.11 bits per heavy atom. The van der Waals surface area contributed by atoms with Crippen LogP contribution in [0.4, 0.5) is 20.2 Å². The molecule has 0 unspecified atom stereocenters. The van der Waals surface area contributed by atoms with E-state index < -0.39 is 10.7 Å². The summed E-state index contributed by atoms with van der Waals surface area (Å²) in [6.45, 7) is 0.248. The van der Waals surface area contributed by atoms with Gasteiger partial charge in [-0.2, -0.15) is 0 Å². The lowest BCUT2D eigenvalue weighted by Gasteiger charge is -2.07. The molecule has 0 spiro atoms. The molecule has 0 heterocycles. The van der Waals surface area contributed by atoms with E-state index in [0.717, 1.165) is 23.8 Å². The predicted octanol–water partition coefficient (Wildman–Crippen LogP) is 3.49. The maximum absolute atomic E-state index is 13.5. The van der Waals surface area contributed by atoms with E-state index in [-0.39, 0.29) is 23.7 Å². The van der Waals surface area contributed by atoms with E-state index in [0.29, 0.717) is 0 Å². The van der Waals surface area contributed by atoms with Crippen LogP contribution in [0.25, 0.3) is 0 Å². The summed E-state index contributed by atoms with van der Waals surface area (Å²) in [5.41, 5.74) is 0.592. The Labute approximate surface area is 107 Å². The van der Waals surface area contributed by atoms with Crippen LogP contribution in [0.15, 0.2) is 42.5 Å². The maximum atomic E-state index is 13.5. The van der Waals surface area contributed by atoms with Crippen LogP contribution >= 0.6 is 0 Å². The number of nitro groups is 1. The Balaban J connectivity index is 2.12. The third-order valence-corrected chi connectivity index (χ3v) is 2.56. The Bertz CT molecular complexity index is 600. The third kappa shape index (κ3) is 3.25.